The first-order valence-corrected chi connectivity index (χ1v) is 11.9. The normalized spacial score (nSPS) is 18.7. The highest BCUT2D eigenvalue weighted by atomic mass is 127. The molecule has 0 saturated carbocycles. The molecule has 0 aromatic heterocycles. The van der Waals surface area contributed by atoms with Crippen LogP contribution in [0, 0.1) is 13.8 Å². The molecule has 0 bridgehead atoms. The lowest BCUT2D eigenvalue weighted by molar-refractivity contribution is -0.125. The molecule has 5 nitrogen and oxygen atoms in total. The van der Waals surface area contributed by atoms with Gasteiger partial charge in [0.2, 0.25) is 5.91 Å². The minimum atomic E-state index is 0.0385. The van der Waals surface area contributed by atoms with Gasteiger partial charge >= 0.3 is 0 Å². The van der Waals surface area contributed by atoms with Gasteiger partial charge in [-0.25, -0.2) is 3.11 Å². The molecule has 1 saturated heterocycles. The van der Waals surface area contributed by atoms with Crippen LogP contribution in [0.4, 0.5) is 0 Å². The number of rotatable bonds is 10. The maximum Gasteiger partial charge on any atom is 0.238 e. The van der Waals surface area contributed by atoms with E-state index in [1.165, 1.54) is 23.1 Å². The summed E-state index contributed by atoms with van der Waals surface area (Å²) in [5.41, 5.74) is 3.87. The van der Waals surface area contributed by atoms with E-state index >= 15 is 0 Å². The molecule has 6 heteroatoms. The van der Waals surface area contributed by atoms with Crippen molar-refractivity contribution in [1.29, 1.82) is 0 Å². The van der Waals surface area contributed by atoms with Crippen molar-refractivity contribution in [2.45, 2.75) is 77.9 Å². The number of amides is 1. The van der Waals surface area contributed by atoms with Gasteiger partial charge in [0.05, 0.1) is 13.2 Å². The molecule has 2 unspecified atom stereocenters. The summed E-state index contributed by atoms with van der Waals surface area (Å²) in [6.07, 6.45) is 6.59. The first kappa shape index (κ1) is 24.4. The number of piperidine rings is 1. The van der Waals surface area contributed by atoms with E-state index in [1.54, 1.807) is 7.11 Å². The molecule has 2 atom stereocenters. The van der Waals surface area contributed by atoms with Crippen LogP contribution in [0.1, 0.15) is 62.1 Å². The number of carbonyl (C=O) groups excluding carboxylic acids is 1. The molecule has 1 amide bonds. The fourth-order valence-electron chi connectivity index (χ4n) is 4.20. The Morgan fingerprint density at radius 2 is 2.07 bits per heavy atom. The SMILES string of the molecule is CCCC(CCNC(=O)C1CCCCN1I)N(C)Cc1ccc(OC)c(C)c1C. The number of methoxy groups -OCH3 is 1. The Balaban J connectivity index is 1.91. The Labute approximate surface area is 191 Å². The first-order valence-electron chi connectivity index (χ1n) is 10.9. The molecule has 2 rings (SSSR count). The van der Waals surface area contributed by atoms with Crippen LogP contribution < -0.4 is 10.1 Å². The standard InChI is InChI=1S/C23H38IN3O2/c1-6-9-20(13-14-25-23(28)21-10-7-8-15-27(21)24)26(4)16-19-11-12-22(29-5)18(3)17(19)2/h11-12,20-21H,6-10,13-16H2,1-5H3,(H,25,28). The molecule has 164 valence electrons. The zero-order chi connectivity index (χ0) is 21.4. The van der Waals surface area contributed by atoms with Crippen molar-refractivity contribution in [3.05, 3.63) is 28.8 Å². The van der Waals surface area contributed by atoms with Crippen LogP contribution >= 0.6 is 22.9 Å². The van der Waals surface area contributed by atoms with Gasteiger partial charge in [-0.1, -0.05) is 25.8 Å². The molecule has 0 radical (unpaired) electrons. The average molecular weight is 515 g/mol. The second-order valence-electron chi connectivity index (χ2n) is 8.25. The Morgan fingerprint density at radius 3 is 2.72 bits per heavy atom. The van der Waals surface area contributed by atoms with Crippen LogP contribution in [-0.2, 0) is 11.3 Å². The van der Waals surface area contributed by atoms with Crippen LogP contribution in [0.2, 0.25) is 0 Å². The molecule has 29 heavy (non-hydrogen) atoms. The predicted octanol–water partition coefficient (Wildman–Crippen LogP) is 4.62. The van der Waals surface area contributed by atoms with E-state index < -0.39 is 0 Å². The van der Waals surface area contributed by atoms with E-state index in [9.17, 15) is 4.79 Å². The number of hydrogen-bond donors (Lipinski definition) is 1. The van der Waals surface area contributed by atoms with Gasteiger partial charge in [-0.2, -0.15) is 0 Å². The highest BCUT2D eigenvalue weighted by Crippen LogP contribution is 2.26. The van der Waals surface area contributed by atoms with E-state index in [0.29, 0.717) is 6.04 Å². The fourth-order valence-corrected chi connectivity index (χ4v) is 5.07. The smallest absolute Gasteiger partial charge is 0.238 e. The molecule has 0 spiro atoms. The zero-order valence-corrected chi connectivity index (χ0v) is 20.9. The third-order valence-corrected chi connectivity index (χ3v) is 7.41. The Bertz CT molecular complexity index is 668. The molecule has 0 aliphatic carbocycles. The topological polar surface area (TPSA) is 44.8 Å². The summed E-state index contributed by atoms with van der Waals surface area (Å²) in [7, 11) is 3.93. The second-order valence-corrected chi connectivity index (χ2v) is 9.49. The van der Waals surface area contributed by atoms with Gasteiger partial charge in [0.25, 0.3) is 0 Å². The third kappa shape index (κ3) is 6.82. The van der Waals surface area contributed by atoms with Crippen LogP contribution in [0.3, 0.4) is 0 Å². The molecule has 1 fully saturated rings. The molecular weight excluding hydrogens is 477 g/mol. The van der Waals surface area contributed by atoms with Gasteiger partial charge in [0, 0.05) is 48.5 Å². The van der Waals surface area contributed by atoms with E-state index in [-0.39, 0.29) is 11.9 Å². The van der Waals surface area contributed by atoms with E-state index in [1.807, 2.05) is 0 Å². The van der Waals surface area contributed by atoms with Gasteiger partial charge in [0.15, 0.2) is 0 Å². The van der Waals surface area contributed by atoms with Crippen molar-refractivity contribution in [2.24, 2.45) is 0 Å². The van der Waals surface area contributed by atoms with Crippen molar-refractivity contribution in [1.82, 2.24) is 13.3 Å². The lowest BCUT2D eigenvalue weighted by Crippen LogP contribution is -2.46. The number of nitrogens with zero attached hydrogens (tertiary/aromatic N) is 2. The number of carbonyl (C=O) groups is 1. The Kier molecular flexibility index (Phi) is 10.2. The van der Waals surface area contributed by atoms with Crippen molar-refractivity contribution < 1.29 is 9.53 Å². The molecule has 1 aromatic rings. The largest absolute Gasteiger partial charge is 0.496 e. The summed E-state index contributed by atoms with van der Waals surface area (Å²) in [6.45, 7) is 9.21. The molecule has 1 aromatic carbocycles. The van der Waals surface area contributed by atoms with E-state index in [2.05, 4.69) is 76.1 Å². The van der Waals surface area contributed by atoms with E-state index in [4.69, 9.17) is 4.74 Å². The number of benzene rings is 1. The quantitative estimate of drug-likeness (QED) is 0.365. The van der Waals surface area contributed by atoms with Crippen LogP contribution in [0.15, 0.2) is 12.1 Å². The molecule has 1 N–H and O–H groups in total. The van der Waals surface area contributed by atoms with Crippen molar-refractivity contribution in [3.8, 4) is 5.75 Å². The van der Waals surface area contributed by atoms with Gasteiger partial charge in [-0.15, -0.1) is 0 Å². The van der Waals surface area contributed by atoms with E-state index in [0.717, 1.165) is 57.5 Å². The van der Waals surface area contributed by atoms with Crippen molar-refractivity contribution in [3.63, 3.8) is 0 Å². The minimum absolute atomic E-state index is 0.0385. The van der Waals surface area contributed by atoms with Crippen molar-refractivity contribution in [2.75, 3.05) is 27.2 Å². The predicted molar refractivity (Wildman–Crippen MR) is 129 cm³/mol. The highest BCUT2D eigenvalue weighted by Gasteiger charge is 2.27. The number of nitrogens with one attached hydrogen (secondary N) is 1. The van der Waals surface area contributed by atoms with Crippen molar-refractivity contribution >= 4 is 28.8 Å². The third-order valence-electron chi connectivity index (χ3n) is 6.25. The minimum Gasteiger partial charge on any atom is -0.496 e. The Hall–Kier alpha value is -0.860. The number of hydrogen-bond acceptors (Lipinski definition) is 4. The summed E-state index contributed by atoms with van der Waals surface area (Å²) in [5, 5.41) is 3.20. The molecule has 1 aliphatic heterocycles. The highest BCUT2D eigenvalue weighted by molar-refractivity contribution is 14.1. The summed E-state index contributed by atoms with van der Waals surface area (Å²) in [5.74, 6) is 1.15. The van der Waals surface area contributed by atoms with Gasteiger partial charge in [0.1, 0.15) is 5.75 Å². The molecule has 1 heterocycles. The first-order chi connectivity index (χ1) is 13.9. The maximum absolute atomic E-state index is 12.6. The Morgan fingerprint density at radius 1 is 1.31 bits per heavy atom. The van der Waals surface area contributed by atoms with Crippen LogP contribution in [0.25, 0.3) is 0 Å². The average Bonchev–Trinajstić information content (AvgIpc) is 2.71. The van der Waals surface area contributed by atoms with Crippen LogP contribution in [-0.4, -0.2) is 53.3 Å². The molecular formula is C23H38IN3O2. The lowest BCUT2D eigenvalue weighted by Gasteiger charge is -2.31. The monoisotopic (exact) mass is 515 g/mol. The van der Waals surface area contributed by atoms with Gasteiger partial charge in [-0.05, 0) is 69.3 Å². The summed E-state index contributed by atoms with van der Waals surface area (Å²) >= 11 is 2.30. The fraction of sp³-hybridized carbons (Fsp3) is 0.696. The lowest BCUT2D eigenvalue weighted by atomic mass is 10.00. The summed E-state index contributed by atoms with van der Waals surface area (Å²) in [4.78, 5) is 15.0. The summed E-state index contributed by atoms with van der Waals surface area (Å²) in [6, 6.07) is 4.75. The zero-order valence-electron chi connectivity index (χ0n) is 18.8. The second kappa shape index (κ2) is 12.1. The number of halogens is 1. The summed E-state index contributed by atoms with van der Waals surface area (Å²) < 4.78 is 7.61. The number of ether oxygens (including phenoxy) is 1. The van der Waals surface area contributed by atoms with Gasteiger partial charge < -0.3 is 10.1 Å². The van der Waals surface area contributed by atoms with Gasteiger partial charge in [-0.3, -0.25) is 9.69 Å². The maximum atomic E-state index is 12.6. The van der Waals surface area contributed by atoms with Crippen LogP contribution in [0.5, 0.6) is 5.75 Å². The molecule has 1 aliphatic rings.